The van der Waals surface area contributed by atoms with Crippen molar-refractivity contribution in [1.29, 1.82) is 0 Å². The lowest BCUT2D eigenvalue weighted by molar-refractivity contribution is -0.384. The molecule has 3 nitrogen and oxygen atoms in total. The summed E-state index contributed by atoms with van der Waals surface area (Å²) in [6.07, 6.45) is 1.78. The highest BCUT2D eigenvalue weighted by atomic mass is 16.6. The minimum atomic E-state index is -0.405. The van der Waals surface area contributed by atoms with E-state index in [0.717, 1.165) is 22.3 Å². The van der Waals surface area contributed by atoms with Crippen molar-refractivity contribution in [2.24, 2.45) is 0 Å². The van der Waals surface area contributed by atoms with Crippen LogP contribution in [0.5, 0.6) is 0 Å². The van der Waals surface area contributed by atoms with Crippen LogP contribution in [-0.2, 0) is 0 Å². The molecule has 0 N–H and O–H groups in total. The Bertz CT molecular complexity index is 1030. The van der Waals surface area contributed by atoms with Crippen molar-refractivity contribution >= 4 is 17.3 Å². The highest BCUT2D eigenvalue weighted by Gasteiger charge is 2.21. The van der Waals surface area contributed by atoms with Gasteiger partial charge in [-0.1, -0.05) is 60.0 Å². The molecule has 0 unspecified atom stereocenters. The molecule has 0 aromatic heterocycles. The molecule has 0 fully saturated rings. The number of hydrogen-bond acceptors (Lipinski definition) is 2. The van der Waals surface area contributed by atoms with Gasteiger partial charge in [-0.15, -0.1) is 0 Å². The number of nitro groups is 1. The highest BCUT2D eigenvalue weighted by Crippen LogP contribution is 2.43. The molecule has 1 aliphatic rings. The van der Waals surface area contributed by atoms with Gasteiger partial charge in [0.25, 0.3) is 5.69 Å². The average Bonchev–Trinajstić information content (AvgIpc) is 2.97. The monoisotopic (exact) mass is 323 g/mol. The van der Waals surface area contributed by atoms with Gasteiger partial charge in [0.1, 0.15) is 0 Å². The Hall–Kier alpha value is -3.64. The molecular weight excluding hydrogens is 310 g/mol. The van der Waals surface area contributed by atoms with E-state index in [2.05, 4.69) is 35.7 Å². The predicted molar refractivity (Wildman–Crippen MR) is 99.0 cm³/mol. The Morgan fingerprint density at radius 3 is 1.80 bits per heavy atom. The first-order chi connectivity index (χ1) is 12.2. The van der Waals surface area contributed by atoms with Crippen LogP contribution in [0.3, 0.4) is 0 Å². The van der Waals surface area contributed by atoms with Crippen molar-refractivity contribution in [2.75, 3.05) is 0 Å². The number of rotatable bonds is 2. The summed E-state index contributed by atoms with van der Waals surface area (Å²) in [4.78, 5) is 10.3. The second-order valence-corrected chi connectivity index (χ2v) is 5.73. The molecule has 0 heterocycles. The van der Waals surface area contributed by atoms with Crippen LogP contribution in [0.15, 0.2) is 84.3 Å². The zero-order valence-corrected chi connectivity index (χ0v) is 13.3. The molecule has 0 bridgehead atoms. The molecule has 3 heteroatoms. The van der Waals surface area contributed by atoms with E-state index in [-0.39, 0.29) is 5.69 Å². The van der Waals surface area contributed by atoms with E-state index in [4.69, 9.17) is 0 Å². The Morgan fingerprint density at radius 2 is 1.28 bits per heavy atom. The van der Waals surface area contributed by atoms with E-state index in [1.165, 1.54) is 23.3 Å². The SMILES string of the molecule is O=[N+]([O-])c1ccc(C=C=C=C2c3ccccc3-c3ccccc32)cc1. The van der Waals surface area contributed by atoms with Gasteiger partial charge in [0.15, 0.2) is 0 Å². The molecule has 0 amide bonds. The fraction of sp³-hybridized carbons (Fsp3) is 0. The number of hydrogen-bond donors (Lipinski definition) is 0. The first-order valence-electron chi connectivity index (χ1n) is 7.89. The third-order valence-electron chi connectivity index (χ3n) is 4.22. The normalized spacial score (nSPS) is 11.1. The molecule has 3 aromatic carbocycles. The van der Waals surface area contributed by atoms with Crippen molar-refractivity contribution in [1.82, 2.24) is 0 Å². The second-order valence-electron chi connectivity index (χ2n) is 5.73. The number of non-ortho nitro benzene ring substituents is 1. The van der Waals surface area contributed by atoms with Crippen molar-refractivity contribution < 1.29 is 4.92 Å². The lowest BCUT2D eigenvalue weighted by Crippen LogP contribution is -1.86. The molecule has 0 saturated heterocycles. The molecule has 0 atom stereocenters. The maximum atomic E-state index is 10.7. The van der Waals surface area contributed by atoms with Crippen molar-refractivity contribution in [3.63, 3.8) is 0 Å². The van der Waals surface area contributed by atoms with Gasteiger partial charge in [0, 0.05) is 17.7 Å². The molecule has 3 aromatic rings. The molecule has 25 heavy (non-hydrogen) atoms. The Balaban J connectivity index is 1.80. The zero-order valence-electron chi connectivity index (χ0n) is 13.3. The summed E-state index contributed by atoms with van der Waals surface area (Å²) in [6, 6.07) is 22.9. The minimum absolute atomic E-state index is 0.0816. The van der Waals surface area contributed by atoms with Crippen LogP contribution < -0.4 is 0 Å². The fourth-order valence-corrected chi connectivity index (χ4v) is 3.04. The van der Waals surface area contributed by atoms with Crippen molar-refractivity contribution in [3.8, 4) is 11.1 Å². The van der Waals surface area contributed by atoms with E-state index >= 15 is 0 Å². The molecule has 4 rings (SSSR count). The zero-order chi connectivity index (χ0) is 17.2. The fourth-order valence-electron chi connectivity index (χ4n) is 3.04. The highest BCUT2D eigenvalue weighted by molar-refractivity contribution is 6.00. The van der Waals surface area contributed by atoms with Gasteiger partial charge in [-0.25, -0.2) is 0 Å². The van der Waals surface area contributed by atoms with E-state index < -0.39 is 4.92 Å². The Kier molecular flexibility index (Phi) is 3.64. The van der Waals surface area contributed by atoms with Gasteiger partial charge in [-0.05, 0) is 46.0 Å². The van der Waals surface area contributed by atoms with Crippen molar-refractivity contribution in [2.45, 2.75) is 0 Å². The summed E-state index contributed by atoms with van der Waals surface area (Å²) in [5.41, 5.74) is 13.0. The number of nitrogens with zero attached hydrogens (tertiary/aromatic N) is 1. The van der Waals surface area contributed by atoms with E-state index in [1.807, 2.05) is 24.3 Å². The van der Waals surface area contributed by atoms with E-state index in [1.54, 1.807) is 18.2 Å². The maximum Gasteiger partial charge on any atom is 0.269 e. The second kappa shape index (κ2) is 6.10. The molecule has 0 radical (unpaired) electrons. The molecule has 0 aliphatic heterocycles. The minimum Gasteiger partial charge on any atom is -0.258 e. The molecular formula is C22H13NO2. The lowest BCUT2D eigenvalue weighted by atomic mass is 10.1. The molecule has 118 valence electrons. The summed E-state index contributed by atoms with van der Waals surface area (Å²) in [7, 11) is 0. The quantitative estimate of drug-likeness (QED) is 0.279. The summed E-state index contributed by atoms with van der Waals surface area (Å²) in [5.74, 6) is 0. The van der Waals surface area contributed by atoms with Gasteiger partial charge in [-0.3, -0.25) is 10.1 Å². The first-order valence-corrected chi connectivity index (χ1v) is 7.89. The van der Waals surface area contributed by atoms with Crippen LogP contribution in [0.4, 0.5) is 5.69 Å². The van der Waals surface area contributed by atoms with Gasteiger partial charge in [-0.2, -0.15) is 0 Å². The first kappa shape index (κ1) is 14.9. The largest absolute Gasteiger partial charge is 0.269 e. The molecule has 0 spiro atoms. The summed E-state index contributed by atoms with van der Waals surface area (Å²) >= 11 is 0. The van der Waals surface area contributed by atoms with Crippen LogP contribution in [0.1, 0.15) is 16.7 Å². The Labute approximate surface area is 145 Å². The standard InChI is InChI=1S/C22H13NO2/c24-23(25)17-14-12-16(13-15-17)6-5-11-22-20-9-3-1-7-18(20)19-8-2-4-10-21(19)22/h1-4,6-10,12-15H. The third kappa shape index (κ3) is 2.71. The molecule has 1 aliphatic carbocycles. The van der Waals surface area contributed by atoms with E-state index in [0.29, 0.717) is 0 Å². The Morgan fingerprint density at radius 1 is 0.760 bits per heavy atom. The summed E-state index contributed by atoms with van der Waals surface area (Å²) in [5, 5.41) is 10.7. The van der Waals surface area contributed by atoms with Gasteiger partial charge in [0.2, 0.25) is 0 Å². The maximum absolute atomic E-state index is 10.7. The lowest BCUT2D eigenvalue weighted by Gasteiger charge is -1.97. The molecule has 0 saturated carbocycles. The van der Waals surface area contributed by atoms with Crippen LogP contribution in [-0.4, -0.2) is 4.92 Å². The van der Waals surface area contributed by atoms with Crippen LogP contribution >= 0.6 is 0 Å². The van der Waals surface area contributed by atoms with Gasteiger partial charge in [0.05, 0.1) is 4.92 Å². The van der Waals surface area contributed by atoms with E-state index in [9.17, 15) is 10.1 Å². The van der Waals surface area contributed by atoms with Crippen LogP contribution in [0, 0.1) is 10.1 Å². The summed E-state index contributed by atoms with van der Waals surface area (Å²) in [6.45, 7) is 0. The van der Waals surface area contributed by atoms with Gasteiger partial charge < -0.3 is 0 Å². The average molecular weight is 323 g/mol. The third-order valence-corrected chi connectivity index (χ3v) is 4.22. The summed E-state index contributed by atoms with van der Waals surface area (Å²) < 4.78 is 0. The number of benzene rings is 3. The predicted octanol–water partition coefficient (Wildman–Crippen LogP) is 5.47. The van der Waals surface area contributed by atoms with Crippen LogP contribution in [0.25, 0.3) is 22.8 Å². The topological polar surface area (TPSA) is 43.1 Å². The number of fused-ring (bicyclic) bond motifs is 3. The number of nitro benzene ring substituents is 1. The van der Waals surface area contributed by atoms with Crippen molar-refractivity contribution in [3.05, 3.63) is 111 Å². The van der Waals surface area contributed by atoms with Crippen LogP contribution in [0.2, 0.25) is 0 Å². The van der Waals surface area contributed by atoms with Gasteiger partial charge >= 0.3 is 0 Å². The smallest absolute Gasteiger partial charge is 0.258 e.